The summed E-state index contributed by atoms with van der Waals surface area (Å²) in [4.78, 5) is 0. The van der Waals surface area contributed by atoms with Crippen molar-refractivity contribution in [3.63, 3.8) is 0 Å². The van der Waals surface area contributed by atoms with Crippen LogP contribution in [-0.2, 0) is 4.74 Å². The van der Waals surface area contributed by atoms with Gasteiger partial charge in [-0.3, -0.25) is 0 Å². The maximum absolute atomic E-state index is 5.73. The van der Waals surface area contributed by atoms with Crippen molar-refractivity contribution in [2.75, 3.05) is 12.4 Å². The zero-order valence-electron chi connectivity index (χ0n) is 7.25. The molecule has 0 aromatic carbocycles. The zero-order chi connectivity index (χ0) is 7.84. The van der Waals surface area contributed by atoms with Crippen LogP contribution in [0.25, 0.3) is 0 Å². The van der Waals surface area contributed by atoms with E-state index in [1.165, 1.54) is 12.2 Å². The molecule has 0 saturated carbocycles. The van der Waals surface area contributed by atoms with E-state index in [0.29, 0.717) is 6.10 Å². The summed E-state index contributed by atoms with van der Waals surface area (Å²) in [5.41, 5.74) is 0. The predicted molar refractivity (Wildman–Crippen MR) is 48.9 cm³/mol. The van der Waals surface area contributed by atoms with E-state index in [-0.39, 0.29) is 0 Å². The van der Waals surface area contributed by atoms with Crippen molar-refractivity contribution in [3.8, 4) is 0 Å². The highest BCUT2D eigenvalue weighted by atomic mass is 32.2. The zero-order valence-corrected chi connectivity index (χ0v) is 8.06. The largest absolute Gasteiger partial charge is 0.377 e. The molecule has 2 fully saturated rings. The summed E-state index contributed by atoms with van der Waals surface area (Å²) in [6.07, 6.45) is 1.89. The van der Waals surface area contributed by atoms with Crippen LogP contribution in [0.2, 0.25) is 0 Å². The first-order valence-electron chi connectivity index (χ1n) is 4.52. The Labute approximate surface area is 72.9 Å². The highest BCUT2D eigenvalue weighted by Gasteiger charge is 2.41. The number of rotatable bonds is 1. The van der Waals surface area contributed by atoms with E-state index in [2.05, 4.69) is 25.6 Å². The molecule has 0 bridgehead atoms. The molecule has 3 unspecified atom stereocenters. The molecular weight excluding hydrogens is 156 g/mol. The van der Waals surface area contributed by atoms with Crippen molar-refractivity contribution in [2.24, 2.45) is 11.8 Å². The van der Waals surface area contributed by atoms with Crippen LogP contribution in [0.5, 0.6) is 0 Å². The van der Waals surface area contributed by atoms with E-state index in [1.54, 1.807) is 0 Å². The molecule has 1 nitrogen and oxygen atoms in total. The molecule has 0 amide bonds. The summed E-state index contributed by atoms with van der Waals surface area (Å²) >= 11 is 2.12. The second-order valence-corrected chi connectivity index (χ2v) is 5.19. The van der Waals surface area contributed by atoms with Gasteiger partial charge in [-0.05, 0) is 24.0 Å². The lowest BCUT2D eigenvalue weighted by Crippen LogP contribution is -2.22. The van der Waals surface area contributed by atoms with Crippen molar-refractivity contribution in [1.82, 2.24) is 0 Å². The van der Waals surface area contributed by atoms with Crippen LogP contribution in [0.1, 0.15) is 20.3 Å². The van der Waals surface area contributed by atoms with Crippen molar-refractivity contribution in [1.29, 1.82) is 0 Å². The van der Waals surface area contributed by atoms with Crippen LogP contribution in [0.3, 0.4) is 0 Å². The van der Waals surface area contributed by atoms with Gasteiger partial charge >= 0.3 is 0 Å². The Morgan fingerprint density at radius 3 is 3.00 bits per heavy atom. The molecule has 2 heterocycles. The van der Waals surface area contributed by atoms with Crippen LogP contribution < -0.4 is 0 Å². The van der Waals surface area contributed by atoms with Crippen LogP contribution >= 0.6 is 11.8 Å². The first-order chi connectivity index (χ1) is 5.29. The molecule has 3 atom stereocenters. The summed E-state index contributed by atoms with van der Waals surface area (Å²) in [6.45, 7) is 5.64. The fourth-order valence-corrected chi connectivity index (χ4v) is 3.78. The number of fused-ring (bicyclic) bond motifs is 1. The van der Waals surface area contributed by atoms with E-state index in [4.69, 9.17) is 4.74 Å². The summed E-state index contributed by atoms with van der Waals surface area (Å²) < 4.78 is 5.73. The Kier molecular flexibility index (Phi) is 2.15. The first kappa shape index (κ1) is 7.93. The van der Waals surface area contributed by atoms with E-state index in [0.717, 1.165) is 23.7 Å². The third kappa shape index (κ3) is 1.31. The molecule has 0 radical (unpaired) electrons. The van der Waals surface area contributed by atoms with Crippen molar-refractivity contribution in [2.45, 2.75) is 31.6 Å². The van der Waals surface area contributed by atoms with Crippen LogP contribution in [0.4, 0.5) is 0 Å². The highest BCUT2D eigenvalue weighted by molar-refractivity contribution is 8.00. The van der Waals surface area contributed by atoms with Crippen molar-refractivity contribution < 1.29 is 4.74 Å². The highest BCUT2D eigenvalue weighted by Crippen LogP contribution is 2.42. The standard InChI is InChI=1S/C9H16OS/c1-6(2)7-5-10-8-3-4-11-9(7)8/h6-9H,3-5H2,1-2H3. The van der Waals surface area contributed by atoms with Gasteiger partial charge in [-0.2, -0.15) is 11.8 Å². The second kappa shape index (κ2) is 2.98. The van der Waals surface area contributed by atoms with Gasteiger partial charge in [0.05, 0.1) is 12.7 Å². The Morgan fingerprint density at radius 1 is 1.45 bits per heavy atom. The quantitative estimate of drug-likeness (QED) is 0.599. The Hall–Kier alpha value is 0.310. The number of hydrogen-bond acceptors (Lipinski definition) is 2. The van der Waals surface area contributed by atoms with Crippen LogP contribution in [0.15, 0.2) is 0 Å². The lowest BCUT2D eigenvalue weighted by atomic mass is 9.92. The Balaban J connectivity index is 2.03. The molecule has 64 valence electrons. The van der Waals surface area contributed by atoms with Gasteiger partial charge in [0.15, 0.2) is 0 Å². The number of thioether (sulfide) groups is 1. The lowest BCUT2D eigenvalue weighted by Gasteiger charge is -2.18. The van der Waals surface area contributed by atoms with E-state index in [9.17, 15) is 0 Å². The average Bonchev–Trinajstić information content (AvgIpc) is 2.41. The second-order valence-electron chi connectivity index (χ2n) is 3.90. The molecule has 0 aromatic rings. The normalized spacial score (nSPS) is 43.4. The van der Waals surface area contributed by atoms with Crippen molar-refractivity contribution in [3.05, 3.63) is 0 Å². The number of ether oxygens (including phenoxy) is 1. The van der Waals surface area contributed by atoms with Gasteiger partial charge in [-0.1, -0.05) is 13.8 Å². The third-order valence-electron chi connectivity index (χ3n) is 2.86. The summed E-state index contributed by atoms with van der Waals surface area (Å²) in [5.74, 6) is 2.95. The fourth-order valence-electron chi connectivity index (χ4n) is 2.07. The SMILES string of the molecule is CC(C)C1COC2CCSC21. The van der Waals surface area contributed by atoms with Gasteiger partial charge in [0.2, 0.25) is 0 Å². The minimum atomic E-state index is 0.604. The van der Waals surface area contributed by atoms with Crippen LogP contribution in [0, 0.1) is 11.8 Å². The maximum Gasteiger partial charge on any atom is 0.0705 e. The monoisotopic (exact) mass is 172 g/mol. The van der Waals surface area contributed by atoms with Gasteiger partial charge in [0.1, 0.15) is 0 Å². The van der Waals surface area contributed by atoms with Gasteiger partial charge in [-0.15, -0.1) is 0 Å². The predicted octanol–water partition coefficient (Wildman–Crippen LogP) is 2.16. The third-order valence-corrected chi connectivity index (χ3v) is 4.37. The summed E-state index contributed by atoms with van der Waals surface area (Å²) in [6, 6.07) is 0. The van der Waals surface area contributed by atoms with Gasteiger partial charge in [0, 0.05) is 5.25 Å². The Morgan fingerprint density at radius 2 is 2.27 bits per heavy atom. The van der Waals surface area contributed by atoms with E-state index in [1.807, 2.05) is 0 Å². The first-order valence-corrected chi connectivity index (χ1v) is 5.57. The van der Waals surface area contributed by atoms with Gasteiger partial charge < -0.3 is 4.74 Å². The molecular formula is C9H16OS. The molecule has 0 aliphatic carbocycles. The molecule has 2 aliphatic rings. The maximum atomic E-state index is 5.73. The minimum absolute atomic E-state index is 0.604. The molecule has 0 aromatic heterocycles. The van der Waals surface area contributed by atoms with Crippen molar-refractivity contribution >= 4 is 11.8 Å². The van der Waals surface area contributed by atoms with Gasteiger partial charge in [-0.25, -0.2) is 0 Å². The summed E-state index contributed by atoms with van der Waals surface area (Å²) in [7, 11) is 0. The minimum Gasteiger partial charge on any atom is -0.377 e. The molecule has 11 heavy (non-hydrogen) atoms. The average molecular weight is 172 g/mol. The lowest BCUT2D eigenvalue weighted by molar-refractivity contribution is 0.105. The fraction of sp³-hybridized carbons (Fsp3) is 1.00. The molecule has 2 saturated heterocycles. The topological polar surface area (TPSA) is 9.23 Å². The summed E-state index contributed by atoms with van der Waals surface area (Å²) in [5, 5.41) is 0.829. The molecule has 2 rings (SSSR count). The molecule has 0 N–H and O–H groups in total. The smallest absolute Gasteiger partial charge is 0.0705 e. The van der Waals surface area contributed by atoms with Gasteiger partial charge in [0.25, 0.3) is 0 Å². The molecule has 2 aliphatic heterocycles. The van der Waals surface area contributed by atoms with E-state index < -0.39 is 0 Å². The van der Waals surface area contributed by atoms with E-state index >= 15 is 0 Å². The molecule has 2 heteroatoms. The Bertz CT molecular complexity index is 146. The van der Waals surface area contributed by atoms with Crippen LogP contribution in [-0.4, -0.2) is 23.7 Å². The molecule has 0 spiro atoms. The number of hydrogen-bond donors (Lipinski definition) is 0.